The highest BCUT2D eigenvalue weighted by molar-refractivity contribution is 7.71. The van der Waals surface area contributed by atoms with Gasteiger partial charge in [0.15, 0.2) is 4.77 Å². The van der Waals surface area contributed by atoms with Crippen molar-refractivity contribution in [2.45, 2.75) is 6.54 Å². The maximum absolute atomic E-state index is 13.6. The van der Waals surface area contributed by atoms with E-state index in [9.17, 15) is 9.18 Å². The van der Waals surface area contributed by atoms with E-state index >= 15 is 0 Å². The molecule has 7 heteroatoms. The van der Waals surface area contributed by atoms with Crippen molar-refractivity contribution >= 4 is 40.8 Å². The molecule has 0 atom stereocenters. The normalized spacial score (nSPS) is 10.8. The van der Waals surface area contributed by atoms with Crippen LogP contribution in [0.15, 0.2) is 36.4 Å². The number of amides is 1. The average molecular weight is 336 g/mol. The quantitative estimate of drug-likeness (QED) is 0.635. The molecule has 0 spiro atoms. The fourth-order valence-electron chi connectivity index (χ4n) is 2.21. The van der Waals surface area contributed by atoms with E-state index in [4.69, 9.17) is 23.8 Å². The fraction of sp³-hybridized carbons (Fsp3) is 0.0667. The molecule has 3 N–H and O–H groups in total. The van der Waals surface area contributed by atoms with E-state index in [0.29, 0.717) is 27.4 Å². The highest BCUT2D eigenvalue weighted by Gasteiger charge is 2.13. The van der Waals surface area contributed by atoms with Gasteiger partial charge >= 0.3 is 0 Å². The second-order valence-corrected chi connectivity index (χ2v) is 5.61. The number of imidazole rings is 1. The molecule has 1 aromatic heterocycles. The molecule has 0 unspecified atom stereocenters. The number of nitrogens with one attached hydrogen (secondary N) is 3. The molecule has 22 heavy (non-hydrogen) atoms. The van der Waals surface area contributed by atoms with Crippen LogP contribution in [0.25, 0.3) is 11.0 Å². The monoisotopic (exact) mass is 335 g/mol. The van der Waals surface area contributed by atoms with E-state index < -0.39 is 11.7 Å². The standard InChI is InChI=1S/C15H11ClFN3OS/c16-9-3-1-2-8(4-9)7-18-14(21)11-5-10(17)6-12-13(11)20-15(22)19-12/h1-6H,7H2,(H,18,21)(H2,19,20,22). The summed E-state index contributed by atoms with van der Waals surface area (Å²) in [5, 5.41) is 3.33. The van der Waals surface area contributed by atoms with Crippen molar-refractivity contribution in [3.63, 3.8) is 0 Å². The predicted octanol–water partition coefficient (Wildman–Crippen LogP) is 3.95. The molecular formula is C15H11ClFN3OS. The Morgan fingerprint density at radius 2 is 2.09 bits per heavy atom. The van der Waals surface area contributed by atoms with Crippen LogP contribution in [0.3, 0.4) is 0 Å². The first-order valence-corrected chi connectivity index (χ1v) is 7.26. The van der Waals surface area contributed by atoms with Gasteiger partial charge in [0.05, 0.1) is 16.6 Å². The Bertz CT molecular complexity index is 919. The second-order valence-electron chi connectivity index (χ2n) is 4.77. The van der Waals surface area contributed by atoms with E-state index in [1.54, 1.807) is 18.2 Å². The maximum atomic E-state index is 13.6. The number of aromatic amines is 2. The zero-order valence-corrected chi connectivity index (χ0v) is 12.8. The van der Waals surface area contributed by atoms with E-state index in [1.807, 2.05) is 6.07 Å². The van der Waals surface area contributed by atoms with E-state index in [-0.39, 0.29) is 5.56 Å². The predicted molar refractivity (Wildman–Crippen MR) is 86.1 cm³/mol. The number of rotatable bonds is 3. The Morgan fingerprint density at radius 1 is 1.27 bits per heavy atom. The Labute approximate surface area is 135 Å². The molecule has 0 radical (unpaired) electrons. The molecule has 0 saturated heterocycles. The summed E-state index contributed by atoms with van der Waals surface area (Å²) in [7, 11) is 0. The molecule has 4 nitrogen and oxygen atoms in total. The molecule has 112 valence electrons. The lowest BCUT2D eigenvalue weighted by molar-refractivity contribution is 0.0952. The summed E-state index contributed by atoms with van der Waals surface area (Å²) in [5.41, 5.74) is 1.99. The largest absolute Gasteiger partial charge is 0.348 e. The fourth-order valence-corrected chi connectivity index (χ4v) is 2.64. The van der Waals surface area contributed by atoms with Crippen molar-refractivity contribution in [1.82, 2.24) is 15.3 Å². The summed E-state index contributed by atoms with van der Waals surface area (Å²) in [5.74, 6) is -0.902. The number of hydrogen-bond donors (Lipinski definition) is 3. The van der Waals surface area contributed by atoms with Crippen LogP contribution in [0.5, 0.6) is 0 Å². The molecule has 0 bridgehead atoms. The van der Waals surface area contributed by atoms with Crippen molar-refractivity contribution in [2.75, 3.05) is 0 Å². The number of aromatic nitrogens is 2. The van der Waals surface area contributed by atoms with Crippen molar-refractivity contribution in [3.8, 4) is 0 Å². The smallest absolute Gasteiger partial charge is 0.253 e. The van der Waals surface area contributed by atoms with Gasteiger partial charge in [0.25, 0.3) is 5.91 Å². The van der Waals surface area contributed by atoms with Crippen molar-refractivity contribution in [2.24, 2.45) is 0 Å². The van der Waals surface area contributed by atoms with E-state index in [1.165, 1.54) is 12.1 Å². The number of fused-ring (bicyclic) bond motifs is 1. The molecule has 0 saturated carbocycles. The summed E-state index contributed by atoms with van der Waals surface area (Å²) >= 11 is 10.9. The second kappa shape index (κ2) is 5.90. The number of halogens is 2. The highest BCUT2D eigenvalue weighted by Crippen LogP contribution is 2.18. The zero-order valence-electron chi connectivity index (χ0n) is 11.2. The summed E-state index contributed by atoms with van der Waals surface area (Å²) in [6, 6.07) is 9.62. The Kier molecular flexibility index (Phi) is 3.96. The minimum absolute atomic E-state index is 0.198. The molecule has 1 amide bonds. The molecular weight excluding hydrogens is 325 g/mol. The number of carbonyl (C=O) groups excluding carboxylic acids is 1. The van der Waals surface area contributed by atoms with Gasteiger partial charge in [0.2, 0.25) is 0 Å². The summed E-state index contributed by atoms with van der Waals surface area (Å²) < 4.78 is 14.0. The summed E-state index contributed by atoms with van der Waals surface area (Å²) in [6.07, 6.45) is 0. The van der Waals surface area contributed by atoms with Gasteiger partial charge in [-0.3, -0.25) is 4.79 Å². The van der Waals surface area contributed by atoms with Gasteiger partial charge in [0.1, 0.15) is 5.82 Å². The van der Waals surface area contributed by atoms with E-state index in [0.717, 1.165) is 5.56 Å². The number of benzene rings is 2. The van der Waals surface area contributed by atoms with Crippen molar-refractivity contribution in [3.05, 3.63) is 63.1 Å². The van der Waals surface area contributed by atoms with Crippen LogP contribution in [0.4, 0.5) is 4.39 Å². The first-order chi connectivity index (χ1) is 10.5. The molecule has 0 aliphatic heterocycles. The van der Waals surface area contributed by atoms with Gasteiger partial charge in [-0.2, -0.15) is 0 Å². The number of carbonyl (C=O) groups is 1. The highest BCUT2D eigenvalue weighted by atomic mass is 35.5. The van der Waals surface area contributed by atoms with Crippen molar-refractivity contribution < 1.29 is 9.18 Å². The van der Waals surface area contributed by atoms with Gasteiger partial charge in [-0.15, -0.1) is 0 Å². The maximum Gasteiger partial charge on any atom is 0.253 e. The van der Waals surface area contributed by atoms with Crippen molar-refractivity contribution in [1.29, 1.82) is 0 Å². The third-order valence-electron chi connectivity index (χ3n) is 3.18. The van der Waals surface area contributed by atoms with Crippen LogP contribution in [0.2, 0.25) is 5.02 Å². The third kappa shape index (κ3) is 3.03. The van der Waals surface area contributed by atoms with Gasteiger partial charge < -0.3 is 15.3 Å². The topological polar surface area (TPSA) is 60.7 Å². The SMILES string of the molecule is O=C(NCc1cccc(Cl)c1)c1cc(F)cc2[nH]c(=S)[nH]c12. The summed E-state index contributed by atoms with van der Waals surface area (Å²) in [4.78, 5) is 18.0. The molecule has 0 aliphatic carbocycles. The lowest BCUT2D eigenvalue weighted by Gasteiger charge is -2.07. The molecule has 0 aliphatic rings. The Morgan fingerprint density at radius 3 is 2.86 bits per heavy atom. The van der Waals surface area contributed by atoms with Crippen LogP contribution in [-0.2, 0) is 6.54 Å². The minimum atomic E-state index is -0.509. The lowest BCUT2D eigenvalue weighted by Crippen LogP contribution is -2.23. The molecule has 2 aromatic carbocycles. The number of hydrogen-bond acceptors (Lipinski definition) is 2. The first kappa shape index (κ1) is 14.7. The van der Waals surface area contributed by atoms with Gasteiger partial charge in [-0.05, 0) is 42.0 Å². The van der Waals surface area contributed by atoms with Crippen LogP contribution < -0.4 is 5.32 Å². The Balaban J connectivity index is 1.87. The van der Waals surface area contributed by atoms with E-state index in [2.05, 4.69) is 15.3 Å². The molecule has 3 aromatic rings. The third-order valence-corrected chi connectivity index (χ3v) is 3.62. The minimum Gasteiger partial charge on any atom is -0.348 e. The molecule has 3 rings (SSSR count). The summed E-state index contributed by atoms with van der Waals surface area (Å²) in [6.45, 7) is 0.294. The van der Waals surface area contributed by atoms with Crippen LogP contribution in [0, 0.1) is 10.6 Å². The molecule has 1 heterocycles. The molecule has 0 fully saturated rings. The van der Waals surface area contributed by atoms with Crippen LogP contribution in [0.1, 0.15) is 15.9 Å². The van der Waals surface area contributed by atoms with Gasteiger partial charge in [0, 0.05) is 11.6 Å². The average Bonchev–Trinajstić information content (AvgIpc) is 2.84. The van der Waals surface area contributed by atoms with Gasteiger partial charge in [-0.25, -0.2) is 4.39 Å². The Hall–Kier alpha value is -2.18. The zero-order chi connectivity index (χ0) is 15.7. The van der Waals surface area contributed by atoms with Gasteiger partial charge in [-0.1, -0.05) is 23.7 Å². The lowest BCUT2D eigenvalue weighted by atomic mass is 10.1. The first-order valence-electron chi connectivity index (χ1n) is 6.47. The van der Waals surface area contributed by atoms with Crippen LogP contribution >= 0.6 is 23.8 Å². The van der Waals surface area contributed by atoms with Crippen LogP contribution in [-0.4, -0.2) is 15.9 Å². The number of H-pyrrole nitrogens is 2.